The average Bonchev–Trinajstić information content (AvgIpc) is 3.15. The summed E-state index contributed by atoms with van der Waals surface area (Å²) in [5, 5.41) is -0.000814. The lowest BCUT2D eigenvalue weighted by Crippen LogP contribution is -2.53. The largest absolute Gasteiger partial charge is 0.490 e. The van der Waals surface area contributed by atoms with Crippen LogP contribution < -0.4 is 14.4 Å². The van der Waals surface area contributed by atoms with E-state index in [0.717, 1.165) is 74.5 Å². The van der Waals surface area contributed by atoms with Gasteiger partial charge < -0.3 is 14.4 Å². The molecule has 45 heavy (non-hydrogen) atoms. The van der Waals surface area contributed by atoms with Crippen LogP contribution in [0.3, 0.4) is 0 Å². The van der Waals surface area contributed by atoms with Crippen molar-refractivity contribution in [1.29, 1.82) is 0 Å². The molecule has 1 amide bonds. The van der Waals surface area contributed by atoms with E-state index in [1.165, 1.54) is 11.1 Å². The molecule has 6 atom stereocenters. The zero-order valence-electron chi connectivity index (χ0n) is 27.0. The number of sulfonamides is 1. The molecule has 9 heteroatoms. The van der Waals surface area contributed by atoms with Gasteiger partial charge in [-0.1, -0.05) is 50.1 Å². The van der Waals surface area contributed by atoms with Crippen molar-refractivity contribution >= 4 is 33.2 Å². The highest BCUT2D eigenvalue weighted by atomic mass is 35.5. The number of halogens is 1. The van der Waals surface area contributed by atoms with E-state index < -0.39 is 26.8 Å². The number of methoxy groups -OCH3 is 1. The lowest BCUT2D eigenvalue weighted by Gasteiger charge is -2.50. The Hall–Kier alpha value is -2.55. The van der Waals surface area contributed by atoms with Gasteiger partial charge in [-0.25, -0.2) is 13.1 Å². The predicted octanol–water partition coefficient (Wildman–Crippen LogP) is 7.07. The van der Waals surface area contributed by atoms with Gasteiger partial charge in [0.2, 0.25) is 10.0 Å². The van der Waals surface area contributed by atoms with E-state index in [4.69, 9.17) is 21.1 Å². The van der Waals surface area contributed by atoms with Gasteiger partial charge in [0, 0.05) is 36.2 Å². The summed E-state index contributed by atoms with van der Waals surface area (Å²) in [6.07, 6.45) is 12.0. The lowest BCUT2D eigenvalue weighted by molar-refractivity contribution is -0.0803. The Morgan fingerprint density at radius 1 is 1.16 bits per heavy atom. The fourth-order valence-corrected chi connectivity index (χ4v) is 9.81. The SMILES string of the molecule is CCC[C@]1(OC)/C=C\C[C@H](C)[C@@H](C)S(=O)(=O)NC(=O)c2ccc3c(c2)N(C[C@@H]2CC[C@H]21)C[C@@]1(CCCc2cc(Cl)ccc21)CO3. The summed E-state index contributed by atoms with van der Waals surface area (Å²) in [6, 6.07) is 11.6. The van der Waals surface area contributed by atoms with E-state index in [1.54, 1.807) is 13.0 Å². The number of ether oxygens (including phenoxy) is 2. The van der Waals surface area contributed by atoms with Crippen LogP contribution >= 0.6 is 11.6 Å². The van der Waals surface area contributed by atoms with E-state index >= 15 is 0 Å². The Morgan fingerprint density at radius 3 is 2.71 bits per heavy atom. The summed E-state index contributed by atoms with van der Waals surface area (Å²) in [7, 11) is -2.09. The molecule has 2 aromatic rings. The van der Waals surface area contributed by atoms with E-state index in [1.807, 2.05) is 32.2 Å². The van der Waals surface area contributed by atoms with Crippen LogP contribution in [0.15, 0.2) is 48.6 Å². The van der Waals surface area contributed by atoms with Crippen LogP contribution in [-0.2, 0) is 26.6 Å². The van der Waals surface area contributed by atoms with Crippen LogP contribution in [0.25, 0.3) is 0 Å². The molecule has 2 aliphatic heterocycles. The van der Waals surface area contributed by atoms with Gasteiger partial charge in [0.05, 0.1) is 23.1 Å². The lowest BCUT2D eigenvalue weighted by atomic mass is 9.62. The molecule has 0 aromatic heterocycles. The first kappa shape index (κ1) is 32.4. The van der Waals surface area contributed by atoms with Gasteiger partial charge in [0.1, 0.15) is 5.75 Å². The molecule has 0 unspecified atom stereocenters. The maximum absolute atomic E-state index is 13.5. The molecular weight excluding hydrogens is 608 g/mol. The first-order valence-electron chi connectivity index (χ1n) is 16.6. The van der Waals surface area contributed by atoms with Crippen molar-refractivity contribution in [3.05, 3.63) is 70.3 Å². The number of nitrogens with one attached hydrogen (secondary N) is 1. The Bertz CT molecular complexity index is 1580. The zero-order chi connectivity index (χ0) is 32.0. The van der Waals surface area contributed by atoms with Crippen molar-refractivity contribution in [1.82, 2.24) is 4.72 Å². The number of fused-ring (bicyclic) bond motifs is 4. The fourth-order valence-electron chi connectivity index (χ4n) is 8.33. The van der Waals surface area contributed by atoms with E-state index in [0.29, 0.717) is 30.4 Å². The molecule has 4 aliphatic rings. The fraction of sp³-hybridized carbons (Fsp3) is 0.583. The third-order valence-electron chi connectivity index (χ3n) is 11.3. The number of amides is 1. The van der Waals surface area contributed by atoms with Gasteiger partial charge in [-0.15, -0.1) is 0 Å². The Balaban J connectivity index is 1.46. The van der Waals surface area contributed by atoms with Gasteiger partial charge in [0.25, 0.3) is 5.91 Å². The van der Waals surface area contributed by atoms with Crippen LogP contribution in [-0.4, -0.2) is 52.0 Å². The second-order valence-electron chi connectivity index (χ2n) is 13.9. The first-order chi connectivity index (χ1) is 21.5. The number of carbonyl (C=O) groups is 1. The Kier molecular flexibility index (Phi) is 9.05. The van der Waals surface area contributed by atoms with Crippen molar-refractivity contribution in [2.45, 2.75) is 88.4 Å². The van der Waals surface area contributed by atoms with Gasteiger partial charge in [-0.2, -0.15) is 0 Å². The summed E-state index contributed by atoms with van der Waals surface area (Å²) >= 11 is 6.44. The minimum absolute atomic E-state index is 0.187. The van der Waals surface area contributed by atoms with Crippen molar-refractivity contribution in [3.8, 4) is 5.75 Å². The van der Waals surface area contributed by atoms with E-state index in [2.05, 4.69) is 40.8 Å². The highest BCUT2D eigenvalue weighted by Gasteiger charge is 2.48. The summed E-state index contributed by atoms with van der Waals surface area (Å²) in [5.74, 6) is 0.639. The average molecular weight is 655 g/mol. The molecular formula is C36H47ClN2O5S. The summed E-state index contributed by atoms with van der Waals surface area (Å²) < 4.78 is 42.1. The number of aryl methyl sites for hydroxylation is 1. The minimum atomic E-state index is -3.91. The molecule has 2 heterocycles. The van der Waals surface area contributed by atoms with Crippen molar-refractivity contribution in [2.75, 3.05) is 31.7 Å². The van der Waals surface area contributed by atoms with Crippen LogP contribution in [0.5, 0.6) is 5.75 Å². The van der Waals surface area contributed by atoms with E-state index in [9.17, 15) is 13.2 Å². The van der Waals surface area contributed by atoms with Crippen molar-refractivity contribution < 1.29 is 22.7 Å². The highest BCUT2D eigenvalue weighted by Crippen LogP contribution is 2.50. The Labute approximate surface area is 273 Å². The van der Waals surface area contributed by atoms with Gasteiger partial charge in [-0.3, -0.25) is 4.79 Å². The maximum atomic E-state index is 13.5. The highest BCUT2D eigenvalue weighted by molar-refractivity contribution is 7.90. The topological polar surface area (TPSA) is 84.9 Å². The molecule has 0 radical (unpaired) electrons. The third kappa shape index (κ3) is 6.03. The van der Waals surface area contributed by atoms with E-state index in [-0.39, 0.29) is 11.3 Å². The van der Waals surface area contributed by atoms with Gasteiger partial charge in [0.15, 0.2) is 0 Å². The normalized spacial score (nSPS) is 33.5. The number of hydrogen-bond donors (Lipinski definition) is 1. The second-order valence-corrected chi connectivity index (χ2v) is 16.4. The third-order valence-corrected chi connectivity index (χ3v) is 13.4. The predicted molar refractivity (Wildman–Crippen MR) is 180 cm³/mol. The molecule has 1 fully saturated rings. The second kappa shape index (κ2) is 12.6. The monoisotopic (exact) mass is 654 g/mol. The molecule has 244 valence electrons. The molecule has 2 aliphatic carbocycles. The minimum Gasteiger partial charge on any atom is -0.490 e. The number of nitrogens with zero attached hydrogens (tertiary/aromatic N) is 1. The number of anilines is 1. The van der Waals surface area contributed by atoms with Crippen LogP contribution in [0.1, 0.15) is 87.2 Å². The van der Waals surface area contributed by atoms with Gasteiger partial charge in [-0.05, 0) is 111 Å². The maximum Gasteiger partial charge on any atom is 0.264 e. The first-order valence-corrected chi connectivity index (χ1v) is 18.5. The molecule has 1 spiro atoms. The summed E-state index contributed by atoms with van der Waals surface area (Å²) in [6.45, 7) is 7.85. The Morgan fingerprint density at radius 2 is 1.98 bits per heavy atom. The van der Waals surface area contributed by atoms with Crippen LogP contribution in [0, 0.1) is 17.8 Å². The smallest absolute Gasteiger partial charge is 0.264 e. The molecule has 2 bridgehead atoms. The molecule has 0 saturated heterocycles. The molecule has 6 rings (SSSR count). The molecule has 7 nitrogen and oxygen atoms in total. The summed E-state index contributed by atoms with van der Waals surface area (Å²) in [5.41, 5.74) is 3.06. The van der Waals surface area contributed by atoms with Crippen LogP contribution in [0.4, 0.5) is 5.69 Å². The summed E-state index contributed by atoms with van der Waals surface area (Å²) in [4.78, 5) is 15.9. The molecule has 1 N–H and O–H groups in total. The number of carbonyl (C=O) groups excluding carboxylic acids is 1. The quantitative estimate of drug-likeness (QED) is 0.357. The number of benzene rings is 2. The van der Waals surface area contributed by atoms with Crippen LogP contribution in [0.2, 0.25) is 5.02 Å². The molecule has 1 saturated carbocycles. The number of allylic oxidation sites excluding steroid dienone is 1. The standard InChI is InChI=1S/C36H47ClN2O5S/c1-5-16-36(43-4)18-6-8-24(2)25(3)45(41,42)38-34(40)27-11-15-33-32(20-27)39(21-28-10-13-31(28)36)22-35(23-44-33)17-7-9-26-19-29(37)12-14-30(26)35/h6,11-12,14-15,18-20,24-25,28,31H,5,7-10,13,16-17,21-23H2,1-4H3,(H,38,40)/b18-6-/t24-,25+,28-,31+,35-,36-/m0/s1. The van der Waals surface area contributed by atoms with Gasteiger partial charge >= 0.3 is 0 Å². The number of hydrogen-bond acceptors (Lipinski definition) is 6. The zero-order valence-corrected chi connectivity index (χ0v) is 28.6. The van der Waals surface area contributed by atoms with Crippen molar-refractivity contribution in [2.24, 2.45) is 17.8 Å². The van der Waals surface area contributed by atoms with Crippen molar-refractivity contribution in [3.63, 3.8) is 0 Å². The number of rotatable bonds is 3. The molecule has 2 aromatic carbocycles.